The lowest BCUT2D eigenvalue weighted by atomic mass is 10.1. The summed E-state index contributed by atoms with van der Waals surface area (Å²) in [4.78, 5) is 16.0. The quantitative estimate of drug-likeness (QED) is 0.822. The molecule has 1 aromatic rings. The number of carbonyl (C=O) groups excluding carboxylic acids is 1. The molecule has 1 amide bonds. The van der Waals surface area contributed by atoms with Gasteiger partial charge in [0.25, 0.3) is 0 Å². The molecule has 20 heavy (non-hydrogen) atoms. The van der Waals surface area contributed by atoms with Crippen LogP contribution in [0.25, 0.3) is 0 Å². The van der Waals surface area contributed by atoms with Gasteiger partial charge in [0.05, 0.1) is 7.11 Å². The van der Waals surface area contributed by atoms with Crippen molar-refractivity contribution >= 4 is 5.91 Å². The van der Waals surface area contributed by atoms with Crippen molar-refractivity contribution in [2.75, 3.05) is 39.8 Å². The first-order valence-electron chi connectivity index (χ1n) is 7.36. The number of amides is 1. The van der Waals surface area contributed by atoms with Gasteiger partial charge in [0, 0.05) is 39.1 Å². The lowest BCUT2D eigenvalue weighted by Gasteiger charge is -2.34. The summed E-state index contributed by atoms with van der Waals surface area (Å²) in [6.07, 6.45) is 1.64. The number of hydrogen-bond acceptors (Lipinski definition) is 3. The maximum atomic E-state index is 11.6. The van der Waals surface area contributed by atoms with Crippen LogP contribution in [0.2, 0.25) is 0 Å². The van der Waals surface area contributed by atoms with Gasteiger partial charge in [-0.05, 0) is 24.1 Å². The van der Waals surface area contributed by atoms with Crippen molar-refractivity contribution in [3.63, 3.8) is 0 Å². The fourth-order valence-electron chi connectivity index (χ4n) is 2.56. The van der Waals surface area contributed by atoms with Crippen LogP contribution in [0.4, 0.5) is 0 Å². The Morgan fingerprint density at radius 2 is 2.00 bits per heavy atom. The molecule has 4 nitrogen and oxygen atoms in total. The highest BCUT2D eigenvalue weighted by molar-refractivity contribution is 5.75. The largest absolute Gasteiger partial charge is 0.497 e. The fourth-order valence-corrected chi connectivity index (χ4v) is 2.56. The van der Waals surface area contributed by atoms with E-state index in [0.717, 1.165) is 44.9 Å². The predicted octanol–water partition coefficient (Wildman–Crippen LogP) is 1.79. The number of ether oxygens (including phenoxy) is 1. The Kier molecular flexibility index (Phi) is 5.41. The number of carbonyl (C=O) groups is 1. The summed E-state index contributed by atoms with van der Waals surface area (Å²) in [6, 6.07) is 8.24. The second-order valence-electron chi connectivity index (χ2n) is 5.18. The van der Waals surface area contributed by atoms with Gasteiger partial charge in [-0.1, -0.05) is 19.1 Å². The van der Waals surface area contributed by atoms with Gasteiger partial charge >= 0.3 is 0 Å². The number of rotatable bonds is 5. The summed E-state index contributed by atoms with van der Waals surface area (Å²) in [5.41, 5.74) is 1.30. The summed E-state index contributed by atoms with van der Waals surface area (Å²) in [5.74, 6) is 1.19. The van der Waals surface area contributed by atoms with Gasteiger partial charge in [0.1, 0.15) is 5.75 Å². The third-order valence-corrected chi connectivity index (χ3v) is 3.88. The van der Waals surface area contributed by atoms with Crippen molar-refractivity contribution < 1.29 is 9.53 Å². The van der Waals surface area contributed by atoms with Crippen molar-refractivity contribution in [2.45, 2.75) is 19.8 Å². The van der Waals surface area contributed by atoms with Crippen LogP contribution in [-0.4, -0.2) is 55.5 Å². The maximum absolute atomic E-state index is 11.6. The van der Waals surface area contributed by atoms with Crippen molar-refractivity contribution in [1.29, 1.82) is 0 Å². The normalized spacial score (nSPS) is 16.2. The molecule has 4 heteroatoms. The van der Waals surface area contributed by atoms with Gasteiger partial charge in [-0.25, -0.2) is 0 Å². The highest BCUT2D eigenvalue weighted by Crippen LogP contribution is 2.13. The number of hydrogen-bond donors (Lipinski definition) is 0. The predicted molar refractivity (Wildman–Crippen MR) is 80.0 cm³/mol. The van der Waals surface area contributed by atoms with E-state index in [2.05, 4.69) is 17.0 Å². The monoisotopic (exact) mass is 276 g/mol. The van der Waals surface area contributed by atoms with Crippen molar-refractivity contribution in [3.05, 3.63) is 29.8 Å². The Hall–Kier alpha value is -1.55. The van der Waals surface area contributed by atoms with E-state index in [9.17, 15) is 4.79 Å². The highest BCUT2D eigenvalue weighted by atomic mass is 16.5. The Balaban J connectivity index is 1.77. The van der Waals surface area contributed by atoms with Gasteiger partial charge in [0.2, 0.25) is 5.91 Å². The standard InChI is InChI=1S/C16H24N2O2/c1-3-16(19)18-11-9-17(10-12-18)8-7-14-5-4-6-15(13-14)20-2/h4-6,13H,3,7-12H2,1-2H3. The third kappa shape index (κ3) is 3.97. The molecule has 1 aliphatic heterocycles. The molecule has 0 atom stereocenters. The topological polar surface area (TPSA) is 32.8 Å². The van der Waals surface area contributed by atoms with Crippen LogP contribution in [0.3, 0.4) is 0 Å². The Morgan fingerprint density at radius 1 is 1.25 bits per heavy atom. The van der Waals surface area contributed by atoms with Gasteiger partial charge in [-0.15, -0.1) is 0 Å². The van der Waals surface area contributed by atoms with Crippen LogP contribution in [0.1, 0.15) is 18.9 Å². The zero-order valence-electron chi connectivity index (χ0n) is 12.5. The van der Waals surface area contributed by atoms with Crippen LogP contribution in [0, 0.1) is 0 Å². The lowest BCUT2D eigenvalue weighted by molar-refractivity contribution is -0.132. The molecule has 0 spiro atoms. The molecule has 0 saturated carbocycles. The van der Waals surface area contributed by atoms with Crippen LogP contribution in [-0.2, 0) is 11.2 Å². The zero-order chi connectivity index (χ0) is 14.4. The molecule has 1 heterocycles. The molecule has 0 radical (unpaired) electrons. The molecule has 1 saturated heterocycles. The van der Waals surface area contributed by atoms with Crippen molar-refractivity contribution in [2.24, 2.45) is 0 Å². The maximum Gasteiger partial charge on any atom is 0.222 e. The summed E-state index contributed by atoms with van der Waals surface area (Å²) >= 11 is 0. The molecule has 2 rings (SSSR count). The zero-order valence-corrected chi connectivity index (χ0v) is 12.5. The lowest BCUT2D eigenvalue weighted by Crippen LogP contribution is -2.48. The van der Waals surface area contributed by atoms with Crippen molar-refractivity contribution in [3.8, 4) is 5.75 Å². The van der Waals surface area contributed by atoms with Crippen LogP contribution < -0.4 is 4.74 Å². The molecular weight excluding hydrogens is 252 g/mol. The molecular formula is C16H24N2O2. The van der Waals surface area contributed by atoms with Crippen LogP contribution in [0.15, 0.2) is 24.3 Å². The second kappa shape index (κ2) is 7.29. The number of piperazine rings is 1. The van der Waals surface area contributed by atoms with E-state index in [4.69, 9.17) is 4.74 Å². The molecule has 1 fully saturated rings. The summed E-state index contributed by atoms with van der Waals surface area (Å²) in [7, 11) is 1.70. The van der Waals surface area contributed by atoms with Gasteiger partial charge in [-0.2, -0.15) is 0 Å². The van der Waals surface area contributed by atoms with E-state index >= 15 is 0 Å². The average molecular weight is 276 g/mol. The van der Waals surface area contributed by atoms with E-state index < -0.39 is 0 Å². The SMILES string of the molecule is CCC(=O)N1CCN(CCc2cccc(OC)c2)CC1. The molecule has 0 aliphatic carbocycles. The average Bonchev–Trinajstić information content (AvgIpc) is 2.53. The summed E-state index contributed by atoms with van der Waals surface area (Å²) in [5, 5.41) is 0. The Morgan fingerprint density at radius 3 is 2.65 bits per heavy atom. The third-order valence-electron chi connectivity index (χ3n) is 3.88. The highest BCUT2D eigenvalue weighted by Gasteiger charge is 2.19. The molecule has 1 aliphatic rings. The van der Waals surface area contributed by atoms with E-state index in [-0.39, 0.29) is 5.91 Å². The first-order valence-corrected chi connectivity index (χ1v) is 7.36. The van der Waals surface area contributed by atoms with E-state index in [0.29, 0.717) is 6.42 Å². The molecule has 0 unspecified atom stereocenters. The minimum atomic E-state index is 0.275. The Labute approximate surface area is 121 Å². The molecule has 0 N–H and O–H groups in total. The van der Waals surface area contributed by atoms with Gasteiger partial charge in [0.15, 0.2) is 0 Å². The molecule has 0 bridgehead atoms. The fraction of sp³-hybridized carbons (Fsp3) is 0.562. The summed E-state index contributed by atoms with van der Waals surface area (Å²) in [6.45, 7) is 6.67. The van der Waals surface area contributed by atoms with Gasteiger partial charge < -0.3 is 9.64 Å². The smallest absolute Gasteiger partial charge is 0.222 e. The van der Waals surface area contributed by atoms with E-state index in [1.165, 1.54) is 5.56 Å². The van der Waals surface area contributed by atoms with Crippen molar-refractivity contribution in [1.82, 2.24) is 9.80 Å². The first kappa shape index (κ1) is 14.9. The molecule has 1 aromatic carbocycles. The number of benzene rings is 1. The molecule has 0 aromatic heterocycles. The summed E-state index contributed by atoms with van der Waals surface area (Å²) < 4.78 is 5.24. The minimum absolute atomic E-state index is 0.275. The van der Waals surface area contributed by atoms with Crippen LogP contribution in [0.5, 0.6) is 5.75 Å². The number of methoxy groups -OCH3 is 1. The number of nitrogens with zero attached hydrogens (tertiary/aromatic N) is 2. The molecule has 110 valence electrons. The second-order valence-corrected chi connectivity index (χ2v) is 5.18. The van der Waals surface area contributed by atoms with E-state index in [1.54, 1.807) is 7.11 Å². The van der Waals surface area contributed by atoms with E-state index in [1.807, 2.05) is 24.0 Å². The minimum Gasteiger partial charge on any atom is -0.497 e. The van der Waals surface area contributed by atoms with Gasteiger partial charge in [-0.3, -0.25) is 9.69 Å². The first-order chi connectivity index (χ1) is 9.72. The Bertz CT molecular complexity index is 440. The van der Waals surface area contributed by atoms with Crippen LogP contribution >= 0.6 is 0 Å².